The topological polar surface area (TPSA) is 0 Å². The van der Waals surface area contributed by atoms with Crippen molar-refractivity contribution in [2.75, 3.05) is 0 Å². The molecule has 0 aliphatic heterocycles. The Morgan fingerprint density at radius 2 is 1.15 bits per heavy atom. The summed E-state index contributed by atoms with van der Waals surface area (Å²) < 4.78 is 0. The zero-order valence-corrected chi connectivity index (χ0v) is 14.0. The monoisotopic (exact) mass is 280 g/mol. The first kappa shape index (κ1) is 14.8. The standard InChI is InChI=1S/C19H24Si/c1-16(2)20(19(3,4)5,17-12-8-6-9-13-17)18-14-10-7-11-15-18/h6-15H,1H2,2-5H3. The Morgan fingerprint density at radius 3 is 1.40 bits per heavy atom. The Balaban J connectivity index is 2.81. The number of hydrogen-bond acceptors (Lipinski definition) is 0. The van der Waals surface area contributed by atoms with Crippen LogP contribution in [0, 0.1) is 0 Å². The van der Waals surface area contributed by atoms with Gasteiger partial charge in [0.2, 0.25) is 0 Å². The number of benzene rings is 2. The van der Waals surface area contributed by atoms with Crippen LogP contribution in [0.25, 0.3) is 0 Å². The van der Waals surface area contributed by atoms with E-state index in [0.717, 1.165) is 0 Å². The lowest BCUT2D eigenvalue weighted by Crippen LogP contribution is -2.65. The minimum atomic E-state index is -2.02. The maximum Gasteiger partial charge on any atom is 0.148 e. The van der Waals surface area contributed by atoms with E-state index in [1.165, 1.54) is 15.6 Å². The number of rotatable bonds is 3. The van der Waals surface area contributed by atoms with E-state index in [0.29, 0.717) is 0 Å². The van der Waals surface area contributed by atoms with Gasteiger partial charge in [0.25, 0.3) is 0 Å². The molecule has 0 heterocycles. The van der Waals surface area contributed by atoms with Crippen LogP contribution in [0.4, 0.5) is 0 Å². The van der Waals surface area contributed by atoms with Crippen molar-refractivity contribution < 1.29 is 0 Å². The quantitative estimate of drug-likeness (QED) is 0.740. The molecule has 0 nitrogen and oxygen atoms in total. The van der Waals surface area contributed by atoms with Gasteiger partial charge in [0.15, 0.2) is 0 Å². The summed E-state index contributed by atoms with van der Waals surface area (Å²) in [4.78, 5) is 0. The van der Waals surface area contributed by atoms with Crippen LogP contribution < -0.4 is 10.4 Å². The minimum absolute atomic E-state index is 0.182. The minimum Gasteiger partial charge on any atom is -0.103 e. The molecule has 2 aromatic rings. The fourth-order valence-electron chi connectivity index (χ4n) is 3.54. The van der Waals surface area contributed by atoms with Gasteiger partial charge in [-0.25, -0.2) is 0 Å². The van der Waals surface area contributed by atoms with E-state index < -0.39 is 8.07 Å². The van der Waals surface area contributed by atoms with Gasteiger partial charge < -0.3 is 0 Å². The molecule has 0 bridgehead atoms. The van der Waals surface area contributed by atoms with Gasteiger partial charge in [-0.3, -0.25) is 0 Å². The van der Waals surface area contributed by atoms with Crippen molar-refractivity contribution in [2.45, 2.75) is 32.7 Å². The normalized spacial score (nSPS) is 12.2. The van der Waals surface area contributed by atoms with Gasteiger partial charge in [-0.1, -0.05) is 86.6 Å². The highest BCUT2D eigenvalue weighted by Gasteiger charge is 2.48. The molecule has 0 unspecified atom stereocenters. The molecule has 0 fully saturated rings. The van der Waals surface area contributed by atoms with Gasteiger partial charge >= 0.3 is 0 Å². The third-order valence-corrected chi connectivity index (χ3v) is 10.1. The van der Waals surface area contributed by atoms with Crippen molar-refractivity contribution in [1.82, 2.24) is 0 Å². The molecule has 2 aromatic carbocycles. The summed E-state index contributed by atoms with van der Waals surface area (Å²) in [6.07, 6.45) is 0. The third kappa shape index (κ3) is 2.27. The second kappa shape index (κ2) is 5.41. The fraction of sp³-hybridized carbons (Fsp3) is 0.263. The van der Waals surface area contributed by atoms with Crippen LogP contribution in [0.3, 0.4) is 0 Å². The lowest BCUT2D eigenvalue weighted by Gasteiger charge is -2.44. The van der Waals surface area contributed by atoms with Gasteiger partial charge in [0.05, 0.1) is 0 Å². The SMILES string of the molecule is C=C(C)[Si](c1ccccc1)(c1ccccc1)C(C)(C)C. The Labute approximate surface area is 124 Å². The molecule has 1 heteroatoms. The van der Waals surface area contributed by atoms with Gasteiger partial charge in [0, 0.05) is 0 Å². The third-order valence-electron chi connectivity index (χ3n) is 4.18. The predicted molar refractivity (Wildman–Crippen MR) is 92.4 cm³/mol. The van der Waals surface area contributed by atoms with E-state index in [1.807, 2.05) is 0 Å². The highest BCUT2D eigenvalue weighted by Crippen LogP contribution is 2.39. The molecule has 0 atom stereocenters. The van der Waals surface area contributed by atoms with Crippen molar-refractivity contribution in [3.05, 3.63) is 72.4 Å². The zero-order valence-electron chi connectivity index (χ0n) is 13.0. The summed E-state index contributed by atoms with van der Waals surface area (Å²) in [6, 6.07) is 21.9. The molecule has 0 saturated carbocycles. The highest BCUT2D eigenvalue weighted by molar-refractivity contribution is 7.09. The van der Waals surface area contributed by atoms with Crippen LogP contribution in [-0.4, -0.2) is 8.07 Å². The van der Waals surface area contributed by atoms with Crippen LogP contribution in [0.5, 0.6) is 0 Å². The van der Waals surface area contributed by atoms with Gasteiger partial charge in [0.1, 0.15) is 8.07 Å². The Kier molecular flexibility index (Phi) is 4.00. The molecule has 0 aromatic heterocycles. The summed E-state index contributed by atoms with van der Waals surface area (Å²) in [7, 11) is -2.02. The van der Waals surface area contributed by atoms with Crippen molar-refractivity contribution in [1.29, 1.82) is 0 Å². The van der Waals surface area contributed by atoms with Gasteiger partial charge in [-0.15, -0.1) is 6.58 Å². The Morgan fingerprint density at radius 1 is 0.800 bits per heavy atom. The van der Waals surface area contributed by atoms with E-state index in [1.54, 1.807) is 0 Å². The van der Waals surface area contributed by atoms with E-state index in [2.05, 4.69) is 94.9 Å². The van der Waals surface area contributed by atoms with Crippen LogP contribution in [0.1, 0.15) is 27.7 Å². The second-order valence-electron chi connectivity index (χ2n) is 6.51. The Hall–Kier alpha value is -1.60. The lowest BCUT2D eigenvalue weighted by molar-refractivity contribution is 0.735. The summed E-state index contributed by atoms with van der Waals surface area (Å²) in [5.41, 5.74) is 0. The molecular formula is C19H24Si. The molecule has 0 spiro atoms. The number of allylic oxidation sites excluding steroid dienone is 1. The van der Waals surface area contributed by atoms with Gasteiger partial charge in [-0.2, -0.15) is 0 Å². The molecule has 104 valence electrons. The first-order valence-electron chi connectivity index (χ1n) is 7.17. The lowest BCUT2D eigenvalue weighted by atomic mass is 10.2. The highest BCUT2D eigenvalue weighted by atomic mass is 28.3. The summed E-state index contributed by atoms with van der Waals surface area (Å²) in [6.45, 7) is 13.7. The predicted octanol–water partition coefficient (Wildman–Crippen LogP) is 4.17. The van der Waals surface area contributed by atoms with Crippen molar-refractivity contribution >= 4 is 18.4 Å². The smallest absolute Gasteiger partial charge is 0.103 e. The van der Waals surface area contributed by atoms with E-state index in [-0.39, 0.29) is 5.04 Å². The average Bonchev–Trinajstić information content (AvgIpc) is 2.40. The maximum atomic E-state index is 4.41. The Bertz CT molecular complexity index is 537. The first-order chi connectivity index (χ1) is 9.40. The summed E-state index contributed by atoms with van der Waals surface area (Å²) in [5.74, 6) is 0. The molecule has 0 N–H and O–H groups in total. The molecule has 0 amide bonds. The molecule has 0 aliphatic rings. The molecule has 0 saturated heterocycles. The van der Waals surface area contributed by atoms with Crippen molar-refractivity contribution in [3.8, 4) is 0 Å². The second-order valence-corrected chi connectivity index (χ2v) is 11.5. The average molecular weight is 280 g/mol. The summed E-state index contributed by atoms with van der Waals surface area (Å²) in [5, 5.41) is 4.40. The van der Waals surface area contributed by atoms with E-state index >= 15 is 0 Å². The molecular weight excluding hydrogens is 256 g/mol. The van der Waals surface area contributed by atoms with E-state index in [4.69, 9.17) is 0 Å². The molecule has 2 rings (SSSR count). The van der Waals surface area contributed by atoms with Crippen molar-refractivity contribution in [2.24, 2.45) is 0 Å². The zero-order chi connectivity index (χ0) is 14.8. The van der Waals surface area contributed by atoms with Crippen LogP contribution in [0.2, 0.25) is 5.04 Å². The van der Waals surface area contributed by atoms with Crippen LogP contribution >= 0.6 is 0 Å². The van der Waals surface area contributed by atoms with E-state index in [9.17, 15) is 0 Å². The van der Waals surface area contributed by atoms with Crippen LogP contribution in [-0.2, 0) is 0 Å². The fourth-order valence-corrected chi connectivity index (χ4v) is 9.26. The van der Waals surface area contributed by atoms with Crippen LogP contribution in [0.15, 0.2) is 72.4 Å². The first-order valence-corrected chi connectivity index (χ1v) is 9.17. The van der Waals surface area contributed by atoms with Crippen molar-refractivity contribution in [3.63, 3.8) is 0 Å². The largest absolute Gasteiger partial charge is 0.148 e. The molecule has 0 aliphatic carbocycles. The molecule has 20 heavy (non-hydrogen) atoms. The van der Waals surface area contributed by atoms with Gasteiger partial charge in [-0.05, 0) is 22.3 Å². The maximum absolute atomic E-state index is 4.41. The summed E-state index contributed by atoms with van der Waals surface area (Å²) >= 11 is 0. The number of hydrogen-bond donors (Lipinski definition) is 0. The molecule has 0 radical (unpaired) electrons.